The average molecular weight is 371 g/mol. The first-order valence-electron chi connectivity index (χ1n) is 7.85. The highest BCUT2D eigenvalue weighted by Gasteiger charge is 2.44. The highest BCUT2D eigenvalue weighted by Crippen LogP contribution is 2.43. The second-order valence-electron chi connectivity index (χ2n) is 5.74. The van der Waals surface area contributed by atoms with Crippen LogP contribution in [-0.2, 0) is 18.0 Å². The van der Waals surface area contributed by atoms with Crippen molar-refractivity contribution in [2.75, 3.05) is 6.54 Å². The molecule has 2 aromatic rings. The highest BCUT2D eigenvalue weighted by molar-refractivity contribution is 7.97. The molecule has 3 rings (SSSR count). The standard InChI is InChI=1S/C18H17F4NOS/c1-2-23(25-16-8-5-13-10-24-11-14(13)9-16)17(18(20,21)22)12-3-6-15(19)7-4-12/h3-9,17H,2,10-11H2,1H3/t17-/m1/s1. The molecule has 0 amide bonds. The summed E-state index contributed by atoms with van der Waals surface area (Å²) in [6, 6.07) is 8.23. The van der Waals surface area contributed by atoms with Crippen molar-refractivity contribution in [3.8, 4) is 0 Å². The Hall–Kier alpha value is -1.57. The van der Waals surface area contributed by atoms with Gasteiger partial charge in [-0.1, -0.05) is 25.1 Å². The van der Waals surface area contributed by atoms with Crippen molar-refractivity contribution in [1.82, 2.24) is 4.31 Å². The fourth-order valence-electron chi connectivity index (χ4n) is 2.80. The Morgan fingerprint density at radius 3 is 2.40 bits per heavy atom. The third kappa shape index (κ3) is 4.16. The smallest absolute Gasteiger partial charge is 0.372 e. The van der Waals surface area contributed by atoms with Crippen molar-refractivity contribution in [3.05, 3.63) is 65.0 Å². The molecule has 7 heteroatoms. The summed E-state index contributed by atoms with van der Waals surface area (Å²) in [5, 5.41) is 0. The molecular formula is C18H17F4NOS. The van der Waals surface area contributed by atoms with Gasteiger partial charge in [0.15, 0.2) is 0 Å². The first-order chi connectivity index (χ1) is 11.9. The van der Waals surface area contributed by atoms with Gasteiger partial charge in [-0.15, -0.1) is 0 Å². The quantitative estimate of drug-likeness (QED) is 0.509. The van der Waals surface area contributed by atoms with Crippen LogP contribution >= 0.6 is 11.9 Å². The van der Waals surface area contributed by atoms with Gasteiger partial charge in [0.1, 0.15) is 11.9 Å². The van der Waals surface area contributed by atoms with E-state index in [0.717, 1.165) is 40.1 Å². The number of alkyl halides is 3. The minimum atomic E-state index is -4.47. The van der Waals surface area contributed by atoms with Gasteiger partial charge in [0.05, 0.1) is 13.2 Å². The summed E-state index contributed by atoms with van der Waals surface area (Å²) in [6.45, 7) is 2.88. The maximum atomic E-state index is 13.7. The molecule has 0 saturated carbocycles. The molecule has 1 atom stereocenters. The molecular weight excluding hydrogens is 354 g/mol. The number of hydrogen-bond donors (Lipinski definition) is 0. The SMILES string of the molecule is CCN(Sc1ccc2c(c1)COC2)[C@H](c1ccc(F)cc1)C(F)(F)F. The van der Waals surface area contributed by atoms with Gasteiger partial charge < -0.3 is 4.74 Å². The van der Waals surface area contributed by atoms with Crippen LogP contribution in [0.5, 0.6) is 0 Å². The van der Waals surface area contributed by atoms with Crippen LogP contribution in [0.4, 0.5) is 17.6 Å². The van der Waals surface area contributed by atoms with Gasteiger partial charge in [-0.2, -0.15) is 13.2 Å². The molecule has 0 unspecified atom stereocenters. The van der Waals surface area contributed by atoms with E-state index in [1.165, 1.54) is 16.4 Å². The van der Waals surface area contributed by atoms with Gasteiger partial charge in [0, 0.05) is 11.4 Å². The van der Waals surface area contributed by atoms with Crippen LogP contribution in [0.2, 0.25) is 0 Å². The van der Waals surface area contributed by atoms with E-state index in [-0.39, 0.29) is 12.1 Å². The van der Waals surface area contributed by atoms with Crippen LogP contribution < -0.4 is 0 Å². The molecule has 1 aliphatic rings. The lowest BCUT2D eigenvalue weighted by molar-refractivity contribution is -0.172. The number of fused-ring (bicyclic) bond motifs is 1. The van der Waals surface area contributed by atoms with Crippen LogP contribution in [0.25, 0.3) is 0 Å². The zero-order valence-electron chi connectivity index (χ0n) is 13.5. The van der Waals surface area contributed by atoms with Crippen molar-refractivity contribution in [2.24, 2.45) is 0 Å². The van der Waals surface area contributed by atoms with Crippen molar-refractivity contribution in [3.63, 3.8) is 0 Å². The first kappa shape index (κ1) is 18.2. The minimum Gasteiger partial charge on any atom is -0.372 e. The van der Waals surface area contributed by atoms with E-state index in [0.29, 0.717) is 13.2 Å². The maximum Gasteiger partial charge on any atom is 0.408 e. The molecule has 0 spiro atoms. The van der Waals surface area contributed by atoms with Crippen molar-refractivity contribution >= 4 is 11.9 Å². The molecule has 0 aromatic heterocycles. The van der Waals surface area contributed by atoms with E-state index in [4.69, 9.17) is 4.74 Å². The van der Waals surface area contributed by atoms with Crippen LogP contribution in [0, 0.1) is 5.82 Å². The third-order valence-electron chi connectivity index (χ3n) is 4.01. The highest BCUT2D eigenvalue weighted by atomic mass is 32.2. The molecule has 1 heterocycles. The zero-order chi connectivity index (χ0) is 18.0. The molecule has 0 aliphatic carbocycles. The number of halogens is 4. The van der Waals surface area contributed by atoms with Gasteiger partial charge >= 0.3 is 6.18 Å². The van der Waals surface area contributed by atoms with Crippen molar-refractivity contribution in [2.45, 2.75) is 37.3 Å². The van der Waals surface area contributed by atoms with Crippen LogP contribution in [-0.4, -0.2) is 17.0 Å². The maximum absolute atomic E-state index is 13.7. The van der Waals surface area contributed by atoms with E-state index in [9.17, 15) is 17.6 Å². The lowest BCUT2D eigenvalue weighted by Gasteiger charge is -2.31. The molecule has 25 heavy (non-hydrogen) atoms. The summed E-state index contributed by atoms with van der Waals surface area (Å²) in [7, 11) is 0. The number of ether oxygens (including phenoxy) is 1. The Bertz CT molecular complexity index is 733. The van der Waals surface area contributed by atoms with E-state index in [1.54, 1.807) is 13.0 Å². The molecule has 0 N–H and O–H groups in total. The summed E-state index contributed by atoms with van der Waals surface area (Å²) >= 11 is 1.05. The normalized spacial score (nSPS) is 15.4. The Morgan fingerprint density at radius 1 is 1.08 bits per heavy atom. The van der Waals surface area contributed by atoms with E-state index in [2.05, 4.69) is 0 Å². The van der Waals surface area contributed by atoms with Crippen molar-refractivity contribution < 1.29 is 22.3 Å². The largest absolute Gasteiger partial charge is 0.408 e. The Labute approximate surface area is 147 Å². The third-order valence-corrected chi connectivity index (χ3v) is 5.18. The Kier molecular flexibility index (Phi) is 5.36. The summed E-state index contributed by atoms with van der Waals surface area (Å²) in [6.07, 6.45) is -4.47. The van der Waals surface area contributed by atoms with Crippen LogP contribution in [0.15, 0.2) is 47.4 Å². The van der Waals surface area contributed by atoms with Crippen LogP contribution in [0.3, 0.4) is 0 Å². The average Bonchev–Trinajstić information content (AvgIpc) is 3.02. The van der Waals surface area contributed by atoms with Gasteiger partial charge in [0.25, 0.3) is 0 Å². The fraction of sp³-hybridized carbons (Fsp3) is 0.333. The first-order valence-corrected chi connectivity index (χ1v) is 8.62. The van der Waals surface area contributed by atoms with Gasteiger partial charge in [0.2, 0.25) is 0 Å². The summed E-state index contributed by atoms with van der Waals surface area (Å²) in [5.41, 5.74) is 2.09. The zero-order valence-corrected chi connectivity index (χ0v) is 14.3. The predicted molar refractivity (Wildman–Crippen MR) is 88.4 cm³/mol. The Balaban J connectivity index is 1.88. The number of nitrogens with zero attached hydrogens (tertiary/aromatic N) is 1. The number of benzene rings is 2. The van der Waals surface area contributed by atoms with E-state index < -0.39 is 18.0 Å². The monoisotopic (exact) mass is 371 g/mol. The molecule has 0 bridgehead atoms. The number of hydrogen-bond acceptors (Lipinski definition) is 3. The molecule has 0 fully saturated rings. The lowest BCUT2D eigenvalue weighted by Crippen LogP contribution is -2.34. The van der Waals surface area contributed by atoms with Crippen LogP contribution in [0.1, 0.15) is 29.7 Å². The lowest BCUT2D eigenvalue weighted by atomic mass is 10.1. The molecule has 2 nitrogen and oxygen atoms in total. The van der Waals surface area contributed by atoms with E-state index >= 15 is 0 Å². The van der Waals surface area contributed by atoms with E-state index in [1.807, 2.05) is 12.1 Å². The van der Waals surface area contributed by atoms with Gasteiger partial charge in [-0.25, -0.2) is 8.70 Å². The molecule has 0 saturated heterocycles. The summed E-state index contributed by atoms with van der Waals surface area (Å²) < 4.78 is 60.8. The summed E-state index contributed by atoms with van der Waals surface area (Å²) in [5.74, 6) is -0.556. The topological polar surface area (TPSA) is 12.5 Å². The van der Waals surface area contributed by atoms with Gasteiger partial charge in [-0.3, -0.25) is 0 Å². The second kappa shape index (κ2) is 7.35. The minimum absolute atomic E-state index is 0.0211. The molecule has 0 radical (unpaired) electrons. The fourth-order valence-corrected chi connectivity index (χ4v) is 3.87. The predicted octanol–water partition coefficient (Wildman–Crippen LogP) is 5.49. The van der Waals surface area contributed by atoms with Crippen molar-refractivity contribution in [1.29, 1.82) is 0 Å². The Morgan fingerprint density at radius 2 is 1.76 bits per heavy atom. The van der Waals surface area contributed by atoms with Gasteiger partial charge in [-0.05, 0) is 52.9 Å². The summed E-state index contributed by atoms with van der Waals surface area (Å²) in [4.78, 5) is 0.725. The second-order valence-corrected chi connectivity index (χ2v) is 6.87. The molecule has 134 valence electrons. The molecule has 2 aromatic carbocycles. The molecule has 1 aliphatic heterocycles. The number of rotatable bonds is 5.